The van der Waals surface area contributed by atoms with Crippen molar-refractivity contribution in [3.05, 3.63) is 260 Å². The van der Waals surface area contributed by atoms with Crippen molar-refractivity contribution in [1.29, 1.82) is 0 Å². The minimum absolute atomic E-state index is 0.500. The van der Waals surface area contributed by atoms with Gasteiger partial charge in [-0.1, -0.05) is 115 Å². The summed E-state index contributed by atoms with van der Waals surface area (Å²) in [6.07, 6.45) is 13.2. The Morgan fingerprint density at radius 3 is 1.61 bits per heavy atom. The fourth-order valence-corrected chi connectivity index (χ4v) is 11.7. The molecule has 0 saturated carbocycles. The molecule has 12 heteroatoms. The lowest BCUT2D eigenvalue weighted by Gasteiger charge is -2.11. The SMILES string of the molecule is C=N/C(=C(\C=C/C)c1ccccc1)c1cccc(-c2ccc3c(c2)c2cnc(C)cc2n3-c2coc(-c3ccc4cc(-c5nc(-n6c7ccc(-c8cccc(-c9ncccc9-c9ccccc9)n8)cc7c7cnc(C)cc76)co5)ccc4c3)n2)n1. The molecule has 0 amide bonds. The number of allylic oxidation sites excluding steroid dienone is 3. The van der Waals surface area contributed by atoms with Crippen molar-refractivity contribution >= 4 is 72.4 Å². The van der Waals surface area contributed by atoms with E-state index in [-0.39, 0.29) is 0 Å². The summed E-state index contributed by atoms with van der Waals surface area (Å²) in [5.41, 5.74) is 18.1. The van der Waals surface area contributed by atoms with E-state index in [4.69, 9.17) is 43.7 Å². The molecular formula is C73H50N10O2. The Labute approximate surface area is 488 Å². The van der Waals surface area contributed by atoms with Gasteiger partial charge in [0.25, 0.3) is 0 Å². The fraction of sp³-hybridized carbons (Fsp3) is 0.0411. The van der Waals surface area contributed by atoms with E-state index in [1.54, 1.807) is 12.5 Å². The fourth-order valence-electron chi connectivity index (χ4n) is 11.7. The smallest absolute Gasteiger partial charge is 0.228 e. The molecule has 9 aromatic heterocycles. The van der Waals surface area contributed by atoms with E-state index in [1.807, 2.05) is 136 Å². The average molecular weight is 1100 g/mol. The maximum absolute atomic E-state index is 6.31. The number of aromatic nitrogens is 9. The van der Waals surface area contributed by atoms with Crippen LogP contribution in [0.4, 0.5) is 0 Å². The molecule has 0 fully saturated rings. The Kier molecular flexibility index (Phi) is 12.3. The predicted octanol–water partition coefficient (Wildman–Crippen LogP) is 17.7. The number of fused-ring (bicyclic) bond motifs is 7. The van der Waals surface area contributed by atoms with Crippen LogP contribution in [-0.4, -0.2) is 50.7 Å². The monoisotopic (exact) mass is 1100 g/mol. The molecule has 0 bridgehead atoms. The second-order valence-corrected chi connectivity index (χ2v) is 21.0. The van der Waals surface area contributed by atoms with Crippen molar-refractivity contribution in [3.8, 4) is 79.6 Å². The summed E-state index contributed by atoms with van der Waals surface area (Å²) in [6, 6.07) is 66.1. The summed E-state index contributed by atoms with van der Waals surface area (Å²) < 4.78 is 16.9. The standard InChI is InChI=1S/C73H50N10O2/c1-5-15-54(46-16-8-6-9-17-46)70(74-4)62-23-12-21-60(78-62)50-29-31-64-56(38-50)58-40-76-44(2)34-66(58)82(64)68-42-84-72(80-68)52-27-25-49-37-53(28-26-48(49)36-52)73-81-69(43-85-73)83-65-32-30-51(39-57(65)59-41-77-45(3)35-67(59)83)61-22-13-24-63(79-61)71-55(20-14-33-75-71)47-18-10-7-11-19-47/h5-43H,4H2,1-3H3/b15-5-,70-54+. The number of aliphatic imine (C=N–C) groups is 1. The molecular weight excluding hydrogens is 1050 g/mol. The zero-order chi connectivity index (χ0) is 57.1. The third kappa shape index (κ3) is 8.96. The number of aryl methyl sites for hydroxylation is 2. The van der Waals surface area contributed by atoms with Crippen LogP contribution in [0.1, 0.15) is 29.6 Å². The van der Waals surface area contributed by atoms with Crippen LogP contribution in [0.5, 0.6) is 0 Å². The maximum Gasteiger partial charge on any atom is 0.228 e. The Balaban J connectivity index is 0.722. The average Bonchev–Trinajstić information content (AvgIpc) is 1.99. The molecule has 0 unspecified atom stereocenters. The lowest BCUT2D eigenvalue weighted by atomic mass is 10.0. The van der Waals surface area contributed by atoms with E-state index in [2.05, 4.69) is 130 Å². The summed E-state index contributed by atoms with van der Waals surface area (Å²) in [6.45, 7) is 9.96. The molecule has 9 heterocycles. The highest BCUT2D eigenvalue weighted by atomic mass is 16.3. The first-order valence-corrected chi connectivity index (χ1v) is 28.0. The maximum atomic E-state index is 6.31. The Bertz CT molecular complexity index is 5200. The third-order valence-corrected chi connectivity index (χ3v) is 15.7. The number of pyridine rings is 5. The molecule has 0 saturated heterocycles. The van der Waals surface area contributed by atoms with Gasteiger partial charge < -0.3 is 8.83 Å². The highest BCUT2D eigenvalue weighted by Gasteiger charge is 2.22. The first kappa shape index (κ1) is 50.5. The highest BCUT2D eigenvalue weighted by Crippen LogP contribution is 2.40. The van der Waals surface area contributed by atoms with Crippen molar-refractivity contribution in [3.63, 3.8) is 0 Å². The van der Waals surface area contributed by atoms with E-state index in [1.165, 1.54) is 0 Å². The van der Waals surface area contributed by atoms with Gasteiger partial charge in [-0.25, -0.2) is 9.97 Å². The number of hydrogen-bond acceptors (Lipinski definition) is 10. The topological polar surface area (TPSA) is 139 Å². The Hall–Kier alpha value is -11.5. The van der Waals surface area contributed by atoms with E-state index in [0.717, 1.165) is 139 Å². The van der Waals surface area contributed by atoms with Crippen LogP contribution >= 0.6 is 0 Å². The molecule has 15 rings (SSSR count). The quantitative estimate of drug-likeness (QED) is 0.0864. The molecule has 0 aliphatic heterocycles. The summed E-state index contributed by atoms with van der Waals surface area (Å²) in [5, 5.41) is 6.06. The van der Waals surface area contributed by atoms with Gasteiger partial charge in [0.15, 0.2) is 11.6 Å². The molecule has 15 aromatic rings. The van der Waals surface area contributed by atoms with Crippen LogP contribution in [0.3, 0.4) is 0 Å². The molecule has 0 aliphatic rings. The number of nitrogens with zero attached hydrogens (tertiary/aromatic N) is 10. The predicted molar refractivity (Wildman–Crippen MR) is 341 cm³/mol. The number of oxazole rings is 2. The summed E-state index contributed by atoms with van der Waals surface area (Å²) in [5.74, 6) is 2.32. The van der Waals surface area contributed by atoms with E-state index in [9.17, 15) is 0 Å². The van der Waals surface area contributed by atoms with Crippen LogP contribution in [0.25, 0.3) is 145 Å². The minimum Gasteiger partial charge on any atom is -0.442 e. The molecule has 0 spiro atoms. The molecule has 6 aromatic carbocycles. The lowest BCUT2D eigenvalue weighted by molar-refractivity contribution is 0.573. The minimum atomic E-state index is 0.500. The second-order valence-electron chi connectivity index (χ2n) is 21.0. The number of benzene rings is 6. The van der Waals surface area contributed by atoms with Gasteiger partial charge in [0, 0.05) is 84.9 Å². The van der Waals surface area contributed by atoms with Gasteiger partial charge in [-0.15, -0.1) is 0 Å². The molecule has 0 aliphatic carbocycles. The second kappa shape index (κ2) is 20.8. The van der Waals surface area contributed by atoms with Crippen LogP contribution in [0.15, 0.2) is 251 Å². The number of rotatable bonds is 12. The third-order valence-electron chi connectivity index (χ3n) is 15.7. The van der Waals surface area contributed by atoms with E-state index >= 15 is 0 Å². The first-order valence-electron chi connectivity index (χ1n) is 28.0. The first-order chi connectivity index (χ1) is 41.8. The van der Waals surface area contributed by atoms with Crippen molar-refractivity contribution in [2.45, 2.75) is 20.8 Å². The van der Waals surface area contributed by atoms with E-state index < -0.39 is 0 Å². The van der Waals surface area contributed by atoms with Crippen LogP contribution in [0, 0.1) is 13.8 Å². The van der Waals surface area contributed by atoms with Crippen molar-refractivity contribution in [1.82, 2.24) is 44.0 Å². The highest BCUT2D eigenvalue weighted by molar-refractivity contribution is 6.11. The Morgan fingerprint density at radius 1 is 0.471 bits per heavy atom. The van der Waals surface area contributed by atoms with Gasteiger partial charge in [-0.2, -0.15) is 9.97 Å². The summed E-state index contributed by atoms with van der Waals surface area (Å²) >= 11 is 0. The van der Waals surface area contributed by atoms with Gasteiger partial charge in [-0.3, -0.25) is 29.1 Å². The van der Waals surface area contributed by atoms with Crippen LogP contribution < -0.4 is 0 Å². The lowest BCUT2D eigenvalue weighted by Crippen LogP contribution is -1.96. The molecule has 12 nitrogen and oxygen atoms in total. The van der Waals surface area contributed by atoms with Crippen LogP contribution in [-0.2, 0) is 0 Å². The molecule has 0 radical (unpaired) electrons. The molecule has 0 atom stereocenters. The molecule has 404 valence electrons. The molecule has 0 N–H and O–H groups in total. The summed E-state index contributed by atoms with van der Waals surface area (Å²) in [4.78, 5) is 39.3. The largest absolute Gasteiger partial charge is 0.442 e. The van der Waals surface area contributed by atoms with Crippen molar-refractivity contribution in [2.24, 2.45) is 4.99 Å². The van der Waals surface area contributed by atoms with Gasteiger partial charge in [0.05, 0.1) is 56.2 Å². The van der Waals surface area contributed by atoms with Crippen LogP contribution in [0.2, 0.25) is 0 Å². The van der Waals surface area contributed by atoms with Gasteiger partial charge in [-0.05, 0) is 140 Å². The normalized spacial score (nSPS) is 12.1. The van der Waals surface area contributed by atoms with Crippen molar-refractivity contribution in [2.75, 3.05) is 0 Å². The number of hydrogen-bond donors (Lipinski definition) is 0. The van der Waals surface area contributed by atoms with Crippen molar-refractivity contribution < 1.29 is 8.83 Å². The van der Waals surface area contributed by atoms with Gasteiger partial charge in [0.2, 0.25) is 11.8 Å². The summed E-state index contributed by atoms with van der Waals surface area (Å²) in [7, 11) is 0. The Morgan fingerprint density at radius 2 is 1.02 bits per heavy atom. The van der Waals surface area contributed by atoms with Gasteiger partial charge >= 0.3 is 0 Å². The zero-order valence-electron chi connectivity index (χ0n) is 46.5. The van der Waals surface area contributed by atoms with E-state index in [0.29, 0.717) is 29.1 Å². The zero-order valence-corrected chi connectivity index (χ0v) is 46.5. The van der Waals surface area contributed by atoms with Gasteiger partial charge in [0.1, 0.15) is 12.5 Å². The molecule has 85 heavy (non-hydrogen) atoms.